The SMILES string of the molecule is CC(C)c1ccc(OCc2nnc(SCc3cc(=O)n4ccsc4n3)n2N)cc1. The Morgan fingerprint density at radius 3 is 2.79 bits per heavy atom. The van der Waals surface area contributed by atoms with Crippen molar-refractivity contribution in [2.45, 2.75) is 37.3 Å². The Morgan fingerprint density at radius 2 is 2.03 bits per heavy atom. The first-order valence-corrected chi connectivity index (χ1v) is 10.9. The maximum absolute atomic E-state index is 12.1. The van der Waals surface area contributed by atoms with E-state index in [1.54, 1.807) is 6.20 Å². The predicted molar refractivity (Wildman–Crippen MR) is 114 cm³/mol. The van der Waals surface area contributed by atoms with Crippen LogP contribution in [0, 0.1) is 0 Å². The molecule has 0 aliphatic carbocycles. The van der Waals surface area contributed by atoms with E-state index in [2.05, 4.69) is 41.2 Å². The van der Waals surface area contributed by atoms with Gasteiger partial charge in [-0.25, -0.2) is 9.66 Å². The lowest BCUT2D eigenvalue weighted by molar-refractivity contribution is 0.291. The third-order valence-electron chi connectivity index (χ3n) is 4.36. The van der Waals surface area contributed by atoms with Crippen molar-refractivity contribution in [1.29, 1.82) is 0 Å². The minimum absolute atomic E-state index is 0.0985. The molecule has 4 aromatic rings. The van der Waals surface area contributed by atoms with Crippen LogP contribution in [0.4, 0.5) is 0 Å². The van der Waals surface area contributed by atoms with Crippen molar-refractivity contribution >= 4 is 28.1 Å². The second-order valence-corrected chi connectivity index (χ2v) is 8.53. The Balaban J connectivity index is 1.39. The second-order valence-electron chi connectivity index (χ2n) is 6.71. The van der Waals surface area contributed by atoms with E-state index in [9.17, 15) is 4.79 Å². The number of thiazole rings is 1. The van der Waals surface area contributed by atoms with Gasteiger partial charge in [0.05, 0.1) is 5.69 Å². The first-order valence-electron chi connectivity index (χ1n) is 9.02. The summed E-state index contributed by atoms with van der Waals surface area (Å²) >= 11 is 2.79. The summed E-state index contributed by atoms with van der Waals surface area (Å²) in [6.45, 7) is 4.51. The summed E-state index contributed by atoms with van der Waals surface area (Å²) in [6, 6.07) is 9.50. The number of ether oxygens (including phenoxy) is 1. The highest BCUT2D eigenvalue weighted by Crippen LogP contribution is 2.22. The van der Waals surface area contributed by atoms with E-state index >= 15 is 0 Å². The average molecular weight is 429 g/mol. The van der Waals surface area contributed by atoms with E-state index < -0.39 is 0 Å². The van der Waals surface area contributed by atoms with Crippen molar-refractivity contribution < 1.29 is 4.74 Å². The lowest BCUT2D eigenvalue weighted by Crippen LogP contribution is -2.16. The molecule has 0 unspecified atom stereocenters. The molecule has 10 heteroatoms. The zero-order valence-electron chi connectivity index (χ0n) is 16.0. The van der Waals surface area contributed by atoms with Crippen LogP contribution in [0.15, 0.2) is 51.9 Å². The summed E-state index contributed by atoms with van der Waals surface area (Å²) in [7, 11) is 0. The van der Waals surface area contributed by atoms with Crippen molar-refractivity contribution in [3.05, 3.63) is 69.3 Å². The number of aromatic nitrogens is 5. The number of hydrogen-bond donors (Lipinski definition) is 1. The van der Waals surface area contributed by atoms with E-state index in [0.29, 0.717) is 33.3 Å². The molecule has 0 fully saturated rings. The third-order valence-corrected chi connectivity index (χ3v) is 6.09. The summed E-state index contributed by atoms with van der Waals surface area (Å²) in [4.78, 5) is 17.2. The molecule has 0 aliphatic rings. The highest BCUT2D eigenvalue weighted by Gasteiger charge is 2.12. The molecule has 0 aliphatic heterocycles. The fraction of sp³-hybridized carbons (Fsp3) is 0.263. The molecule has 0 bridgehead atoms. The Morgan fingerprint density at radius 1 is 1.24 bits per heavy atom. The van der Waals surface area contributed by atoms with Crippen LogP contribution >= 0.6 is 23.1 Å². The van der Waals surface area contributed by atoms with Crippen molar-refractivity contribution in [3.8, 4) is 5.75 Å². The summed E-state index contributed by atoms with van der Waals surface area (Å²) in [5.74, 6) is 8.32. The van der Waals surface area contributed by atoms with Crippen LogP contribution in [-0.4, -0.2) is 24.3 Å². The summed E-state index contributed by atoms with van der Waals surface area (Å²) in [5.41, 5.74) is 1.83. The monoisotopic (exact) mass is 428 g/mol. The molecule has 0 amide bonds. The third kappa shape index (κ3) is 4.28. The van der Waals surface area contributed by atoms with Crippen LogP contribution in [0.1, 0.15) is 36.8 Å². The summed E-state index contributed by atoms with van der Waals surface area (Å²) in [6.07, 6.45) is 1.71. The van der Waals surface area contributed by atoms with Crippen LogP contribution in [0.3, 0.4) is 0 Å². The number of benzene rings is 1. The van der Waals surface area contributed by atoms with Gasteiger partial charge in [0.1, 0.15) is 12.4 Å². The molecule has 2 N–H and O–H groups in total. The number of nitrogens with two attached hydrogens (primary N) is 1. The molecule has 29 heavy (non-hydrogen) atoms. The summed E-state index contributed by atoms with van der Waals surface area (Å²) in [5, 5.41) is 10.6. The molecular formula is C19H20N6O2S2. The highest BCUT2D eigenvalue weighted by atomic mass is 32.2. The van der Waals surface area contributed by atoms with Crippen LogP contribution in [0.2, 0.25) is 0 Å². The highest BCUT2D eigenvalue weighted by molar-refractivity contribution is 7.98. The van der Waals surface area contributed by atoms with E-state index in [1.807, 2.05) is 17.5 Å². The first-order chi connectivity index (χ1) is 14.0. The van der Waals surface area contributed by atoms with Gasteiger partial charge in [0, 0.05) is 23.4 Å². The lowest BCUT2D eigenvalue weighted by Gasteiger charge is -2.09. The van der Waals surface area contributed by atoms with Gasteiger partial charge in [-0.2, -0.15) is 0 Å². The fourth-order valence-corrected chi connectivity index (χ4v) is 4.21. The molecule has 8 nitrogen and oxygen atoms in total. The first kappa shape index (κ1) is 19.5. The quantitative estimate of drug-likeness (QED) is 0.357. The van der Waals surface area contributed by atoms with Gasteiger partial charge in [0.2, 0.25) is 5.16 Å². The van der Waals surface area contributed by atoms with Crippen LogP contribution in [0.5, 0.6) is 5.75 Å². The number of rotatable bonds is 7. The maximum atomic E-state index is 12.1. The molecule has 1 aromatic carbocycles. The van der Waals surface area contributed by atoms with Crippen molar-refractivity contribution in [3.63, 3.8) is 0 Å². The number of fused-ring (bicyclic) bond motifs is 1. The van der Waals surface area contributed by atoms with Gasteiger partial charge >= 0.3 is 0 Å². The molecule has 150 valence electrons. The van der Waals surface area contributed by atoms with Gasteiger partial charge in [-0.15, -0.1) is 21.5 Å². The van der Waals surface area contributed by atoms with Crippen LogP contribution < -0.4 is 16.1 Å². The molecule has 0 saturated heterocycles. The Bertz CT molecular complexity index is 1180. The molecule has 4 rings (SSSR count). The normalized spacial score (nSPS) is 11.4. The van der Waals surface area contributed by atoms with Crippen molar-refractivity contribution in [1.82, 2.24) is 24.3 Å². The van der Waals surface area contributed by atoms with Gasteiger partial charge < -0.3 is 10.6 Å². The van der Waals surface area contributed by atoms with E-state index in [-0.39, 0.29) is 12.2 Å². The van der Waals surface area contributed by atoms with Gasteiger partial charge in [0.25, 0.3) is 5.56 Å². The Labute approximate surface area is 175 Å². The van der Waals surface area contributed by atoms with E-state index in [0.717, 1.165) is 5.75 Å². The standard InChI is InChI=1S/C19H20N6O2S2/c1-12(2)13-3-5-15(6-4-13)27-10-16-22-23-19(25(16)20)29-11-14-9-17(26)24-7-8-28-18(24)21-14/h3-9,12H,10-11,20H2,1-2H3. The van der Waals surface area contributed by atoms with Gasteiger partial charge in [-0.05, 0) is 23.6 Å². The largest absolute Gasteiger partial charge is 0.486 e. The Hall–Kier alpha value is -2.85. The molecule has 3 heterocycles. The second kappa shape index (κ2) is 8.26. The van der Waals surface area contributed by atoms with Gasteiger partial charge in [-0.3, -0.25) is 9.20 Å². The minimum atomic E-state index is -0.0985. The topological polar surface area (TPSA) is 100 Å². The predicted octanol–water partition coefficient (Wildman–Crippen LogP) is 3.06. The smallest absolute Gasteiger partial charge is 0.258 e. The van der Waals surface area contributed by atoms with Crippen molar-refractivity contribution in [2.24, 2.45) is 0 Å². The van der Waals surface area contributed by atoms with Gasteiger partial charge in [0.15, 0.2) is 10.8 Å². The van der Waals surface area contributed by atoms with E-state index in [1.165, 1.54) is 43.8 Å². The van der Waals surface area contributed by atoms with Crippen LogP contribution in [-0.2, 0) is 12.4 Å². The molecule has 0 radical (unpaired) electrons. The number of thioether (sulfide) groups is 1. The van der Waals surface area contributed by atoms with E-state index in [4.69, 9.17) is 10.6 Å². The molecule has 3 aromatic heterocycles. The molecule has 0 atom stereocenters. The van der Waals surface area contributed by atoms with Crippen LogP contribution in [0.25, 0.3) is 4.96 Å². The zero-order valence-corrected chi connectivity index (χ0v) is 17.6. The van der Waals surface area contributed by atoms with Crippen molar-refractivity contribution in [2.75, 3.05) is 5.84 Å². The van der Waals surface area contributed by atoms with Gasteiger partial charge in [-0.1, -0.05) is 37.7 Å². The molecule has 0 saturated carbocycles. The Kier molecular flexibility index (Phi) is 5.54. The minimum Gasteiger partial charge on any atom is -0.486 e. The molecule has 0 spiro atoms. The molecular weight excluding hydrogens is 408 g/mol. The number of nitrogen functional groups attached to an aromatic ring is 1. The maximum Gasteiger partial charge on any atom is 0.258 e. The zero-order chi connectivity index (χ0) is 20.4. The summed E-state index contributed by atoms with van der Waals surface area (Å²) < 4.78 is 8.70. The fourth-order valence-electron chi connectivity index (χ4n) is 2.70. The average Bonchev–Trinajstić information content (AvgIpc) is 3.32. The lowest BCUT2D eigenvalue weighted by atomic mass is 10.0. The number of nitrogens with zero attached hydrogens (tertiary/aromatic N) is 5. The number of hydrogen-bond acceptors (Lipinski definition) is 8.